The van der Waals surface area contributed by atoms with Crippen LogP contribution in [0.5, 0.6) is 5.75 Å². The largest absolute Gasteiger partial charge is 0.497 e. The zero-order valence-corrected chi connectivity index (χ0v) is 12.4. The molecule has 114 valence electrons. The Bertz CT molecular complexity index is 492. The van der Waals surface area contributed by atoms with Gasteiger partial charge in [-0.05, 0) is 43.0 Å². The van der Waals surface area contributed by atoms with Crippen LogP contribution < -0.4 is 10.1 Å². The molecule has 0 bridgehead atoms. The fourth-order valence-corrected chi connectivity index (χ4v) is 2.83. The fourth-order valence-electron chi connectivity index (χ4n) is 2.83. The SMILES string of the molecule is COC(=O)[C@H](C(=O)Nc1ccc(OC)cc1)C1CCCC1. The Labute approximate surface area is 124 Å². The minimum atomic E-state index is -0.723. The highest BCUT2D eigenvalue weighted by Gasteiger charge is 2.37. The summed E-state index contributed by atoms with van der Waals surface area (Å²) in [6.07, 6.45) is 3.92. The minimum Gasteiger partial charge on any atom is -0.497 e. The van der Waals surface area contributed by atoms with Gasteiger partial charge in [0, 0.05) is 5.69 Å². The van der Waals surface area contributed by atoms with Crippen LogP contribution in [-0.4, -0.2) is 26.1 Å². The molecule has 1 atom stereocenters. The normalized spacial score (nSPS) is 16.3. The number of nitrogens with one attached hydrogen (secondary N) is 1. The third-order valence-electron chi connectivity index (χ3n) is 3.97. The van der Waals surface area contributed by atoms with E-state index in [1.807, 2.05) is 0 Å². The Morgan fingerprint density at radius 1 is 1.14 bits per heavy atom. The number of carbonyl (C=O) groups is 2. The second kappa shape index (κ2) is 7.11. The fraction of sp³-hybridized carbons (Fsp3) is 0.500. The molecule has 0 aromatic heterocycles. The number of esters is 1. The first-order valence-corrected chi connectivity index (χ1v) is 7.18. The zero-order valence-electron chi connectivity index (χ0n) is 12.4. The molecule has 5 nitrogen and oxygen atoms in total. The molecule has 1 fully saturated rings. The highest BCUT2D eigenvalue weighted by Crippen LogP contribution is 2.33. The first-order valence-electron chi connectivity index (χ1n) is 7.18. The van der Waals surface area contributed by atoms with E-state index < -0.39 is 11.9 Å². The van der Waals surface area contributed by atoms with Crippen LogP contribution in [0.2, 0.25) is 0 Å². The van der Waals surface area contributed by atoms with Gasteiger partial charge < -0.3 is 14.8 Å². The van der Waals surface area contributed by atoms with Gasteiger partial charge in [-0.15, -0.1) is 0 Å². The Hall–Kier alpha value is -2.04. The molecule has 21 heavy (non-hydrogen) atoms. The van der Waals surface area contributed by atoms with Gasteiger partial charge in [0.1, 0.15) is 11.7 Å². The molecule has 1 aromatic carbocycles. The van der Waals surface area contributed by atoms with Crippen LogP contribution in [0.1, 0.15) is 25.7 Å². The van der Waals surface area contributed by atoms with Crippen LogP contribution in [0.3, 0.4) is 0 Å². The third-order valence-corrected chi connectivity index (χ3v) is 3.97. The average molecular weight is 291 g/mol. The molecule has 0 saturated heterocycles. The van der Waals surface area contributed by atoms with Crippen molar-refractivity contribution in [3.05, 3.63) is 24.3 Å². The summed E-state index contributed by atoms with van der Waals surface area (Å²) in [6, 6.07) is 7.02. The van der Waals surface area contributed by atoms with Gasteiger partial charge in [0.05, 0.1) is 14.2 Å². The lowest BCUT2D eigenvalue weighted by atomic mass is 9.90. The van der Waals surface area contributed by atoms with Crippen molar-refractivity contribution >= 4 is 17.6 Å². The van der Waals surface area contributed by atoms with Gasteiger partial charge in [0.2, 0.25) is 5.91 Å². The standard InChI is InChI=1S/C16H21NO4/c1-20-13-9-7-12(8-10-13)17-15(18)14(16(19)21-2)11-5-3-4-6-11/h7-11,14H,3-6H2,1-2H3,(H,17,18)/t14-/m0/s1. The quantitative estimate of drug-likeness (QED) is 0.669. The zero-order chi connectivity index (χ0) is 15.2. The number of carbonyl (C=O) groups excluding carboxylic acids is 2. The minimum absolute atomic E-state index is 0.0794. The highest BCUT2D eigenvalue weighted by atomic mass is 16.5. The second-order valence-corrected chi connectivity index (χ2v) is 5.26. The van der Waals surface area contributed by atoms with E-state index in [0.717, 1.165) is 25.7 Å². The van der Waals surface area contributed by atoms with Crippen LogP contribution in [0.15, 0.2) is 24.3 Å². The molecule has 2 rings (SSSR count). The summed E-state index contributed by atoms with van der Waals surface area (Å²) in [6.45, 7) is 0. The van der Waals surface area contributed by atoms with Crippen LogP contribution in [-0.2, 0) is 14.3 Å². The number of hydrogen-bond acceptors (Lipinski definition) is 4. The van der Waals surface area contributed by atoms with E-state index in [0.29, 0.717) is 11.4 Å². The maximum absolute atomic E-state index is 12.4. The number of rotatable bonds is 5. The number of amides is 1. The third kappa shape index (κ3) is 3.74. The maximum atomic E-state index is 12.4. The Balaban J connectivity index is 2.08. The highest BCUT2D eigenvalue weighted by molar-refractivity contribution is 6.05. The summed E-state index contributed by atoms with van der Waals surface area (Å²) in [5, 5.41) is 2.79. The number of anilines is 1. The molecule has 1 aromatic rings. The van der Waals surface area contributed by atoms with Gasteiger partial charge in [-0.1, -0.05) is 12.8 Å². The molecule has 0 aliphatic heterocycles. The molecule has 1 saturated carbocycles. The van der Waals surface area contributed by atoms with Crippen molar-refractivity contribution in [3.63, 3.8) is 0 Å². The molecule has 0 heterocycles. The number of benzene rings is 1. The smallest absolute Gasteiger partial charge is 0.318 e. The van der Waals surface area contributed by atoms with Crippen molar-refractivity contribution in [2.75, 3.05) is 19.5 Å². The summed E-state index contributed by atoms with van der Waals surface area (Å²) in [5.41, 5.74) is 0.646. The van der Waals surface area contributed by atoms with Crippen molar-refractivity contribution in [1.29, 1.82) is 0 Å². The van der Waals surface area contributed by atoms with E-state index >= 15 is 0 Å². The van der Waals surface area contributed by atoms with Gasteiger partial charge in [-0.25, -0.2) is 0 Å². The first-order chi connectivity index (χ1) is 10.2. The predicted octanol–water partition coefficient (Wildman–Crippen LogP) is 2.61. The lowest BCUT2D eigenvalue weighted by molar-refractivity contribution is -0.150. The van der Waals surface area contributed by atoms with Crippen LogP contribution >= 0.6 is 0 Å². The monoisotopic (exact) mass is 291 g/mol. The molecule has 1 amide bonds. The van der Waals surface area contributed by atoms with E-state index in [2.05, 4.69) is 5.32 Å². The Morgan fingerprint density at radius 2 is 1.76 bits per heavy atom. The number of methoxy groups -OCH3 is 2. The van der Waals surface area contributed by atoms with E-state index in [1.54, 1.807) is 31.4 Å². The van der Waals surface area contributed by atoms with Gasteiger partial charge in [0.15, 0.2) is 0 Å². The summed E-state index contributed by atoms with van der Waals surface area (Å²) < 4.78 is 9.87. The van der Waals surface area contributed by atoms with Crippen molar-refractivity contribution in [3.8, 4) is 5.75 Å². The van der Waals surface area contributed by atoms with Crippen LogP contribution in [0.25, 0.3) is 0 Å². The van der Waals surface area contributed by atoms with Crippen molar-refractivity contribution in [1.82, 2.24) is 0 Å². The summed E-state index contributed by atoms with van der Waals surface area (Å²) in [5.74, 6) is -0.671. The van der Waals surface area contributed by atoms with Gasteiger partial charge >= 0.3 is 5.97 Å². The number of ether oxygens (including phenoxy) is 2. The predicted molar refractivity (Wildman–Crippen MR) is 79.1 cm³/mol. The topological polar surface area (TPSA) is 64.6 Å². The molecule has 1 N–H and O–H groups in total. The molecule has 0 spiro atoms. The van der Waals surface area contributed by atoms with Crippen LogP contribution in [0, 0.1) is 11.8 Å². The van der Waals surface area contributed by atoms with E-state index in [1.165, 1.54) is 7.11 Å². The van der Waals surface area contributed by atoms with Gasteiger partial charge in [-0.3, -0.25) is 9.59 Å². The van der Waals surface area contributed by atoms with E-state index in [4.69, 9.17) is 9.47 Å². The molecule has 5 heteroatoms. The lowest BCUT2D eigenvalue weighted by Crippen LogP contribution is -2.35. The summed E-state index contributed by atoms with van der Waals surface area (Å²) in [4.78, 5) is 24.3. The maximum Gasteiger partial charge on any atom is 0.318 e. The van der Waals surface area contributed by atoms with Crippen LogP contribution in [0.4, 0.5) is 5.69 Å². The molecule has 1 aliphatic carbocycles. The van der Waals surface area contributed by atoms with Crippen molar-refractivity contribution in [2.45, 2.75) is 25.7 Å². The average Bonchev–Trinajstić information content (AvgIpc) is 3.02. The van der Waals surface area contributed by atoms with E-state index in [-0.39, 0.29) is 11.8 Å². The second-order valence-electron chi connectivity index (χ2n) is 5.26. The first kappa shape index (κ1) is 15.4. The molecule has 0 radical (unpaired) electrons. The lowest BCUT2D eigenvalue weighted by Gasteiger charge is -2.20. The van der Waals surface area contributed by atoms with Crippen molar-refractivity contribution in [2.24, 2.45) is 11.8 Å². The number of hydrogen-bond donors (Lipinski definition) is 1. The van der Waals surface area contributed by atoms with Gasteiger partial charge in [-0.2, -0.15) is 0 Å². The van der Waals surface area contributed by atoms with Gasteiger partial charge in [0.25, 0.3) is 0 Å². The Morgan fingerprint density at radius 3 is 2.29 bits per heavy atom. The van der Waals surface area contributed by atoms with E-state index in [9.17, 15) is 9.59 Å². The molecular formula is C16H21NO4. The summed E-state index contributed by atoms with van der Waals surface area (Å²) in [7, 11) is 2.91. The summed E-state index contributed by atoms with van der Waals surface area (Å²) >= 11 is 0. The van der Waals surface area contributed by atoms with Crippen molar-refractivity contribution < 1.29 is 19.1 Å². The molecule has 1 aliphatic rings. The molecular weight excluding hydrogens is 270 g/mol. The molecule has 0 unspecified atom stereocenters. The Kier molecular flexibility index (Phi) is 5.20.